The van der Waals surface area contributed by atoms with Gasteiger partial charge in [0.25, 0.3) is 0 Å². The molecule has 2 aliphatic heterocycles. The lowest BCUT2D eigenvalue weighted by Gasteiger charge is -2.32. The molecule has 4 nitrogen and oxygen atoms in total. The summed E-state index contributed by atoms with van der Waals surface area (Å²) in [7, 11) is 0. The van der Waals surface area contributed by atoms with Crippen molar-refractivity contribution in [1.82, 2.24) is 15.1 Å². The molecule has 0 aromatic heterocycles. The van der Waals surface area contributed by atoms with Gasteiger partial charge in [0.2, 0.25) is 0 Å². The average molecular weight is 269 g/mol. The predicted molar refractivity (Wildman–Crippen MR) is 79.5 cm³/mol. The summed E-state index contributed by atoms with van der Waals surface area (Å²) in [6.07, 6.45) is 1.33. The topological polar surface area (TPSA) is 27.7 Å². The van der Waals surface area contributed by atoms with Crippen LogP contribution >= 0.6 is 0 Å². The van der Waals surface area contributed by atoms with E-state index in [2.05, 4.69) is 35.9 Å². The maximum Gasteiger partial charge on any atom is 0.0594 e. The van der Waals surface area contributed by atoms with Crippen molar-refractivity contribution in [2.24, 2.45) is 5.92 Å². The minimum atomic E-state index is 0.623. The Hall–Kier alpha value is -0.160. The monoisotopic (exact) mass is 269 g/mol. The highest BCUT2D eigenvalue weighted by molar-refractivity contribution is 4.84. The zero-order chi connectivity index (χ0) is 13.7. The van der Waals surface area contributed by atoms with Crippen LogP contribution in [-0.4, -0.2) is 74.4 Å². The largest absolute Gasteiger partial charge is 0.379 e. The van der Waals surface area contributed by atoms with E-state index in [9.17, 15) is 0 Å². The lowest BCUT2D eigenvalue weighted by atomic mass is 10.1. The fraction of sp³-hybridized carbons (Fsp3) is 1.00. The van der Waals surface area contributed by atoms with Crippen LogP contribution in [0.2, 0.25) is 0 Å². The van der Waals surface area contributed by atoms with E-state index in [0.29, 0.717) is 6.04 Å². The molecule has 0 aromatic carbocycles. The molecule has 0 radical (unpaired) electrons. The Labute approximate surface area is 118 Å². The lowest BCUT2D eigenvalue weighted by molar-refractivity contribution is 0.0185. The van der Waals surface area contributed by atoms with Crippen molar-refractivity contribution >= 4 is 0 Å². The van der Waals surface area contributed by atoms with Crippen LogP contribution in [0.1, 0.15) is 27.2 Å². The molecule has 0 amide bonds. The van der Waals surface area contributed by atoms with E-state index in [1.165, 1.54) is 26.1 Å². The van der Waals surface area contributed by atoms with Crippen molar-refractivity contribution in [3.05, 3.63) is 0 Å². The summed E-state index contributed by atoms with van der Waals surface area (Å²) >= 11 is 0. The van der Waals surface area contributed by atoms with Gasteiger partial charge in [-0.05, 0) is 25.8 Å². The summed E-state index contributed by atoms with van der Waals surface area (Å²) in [5, 5.41) is 3.63. The minimum Gasteiger partial charge on any atom is -0.379 e. The van der Waals surface area contributed by atoms with Gasteiger partial charge in [0.05, 0.1) is 13.2 Å². The molecule has 112 valence electrons. The summed E-state index contributed by atoms with van der Waals surface area (Å²) in [4.78, 5) is 5.23. The number of likely N-dealkylation sites (tertiary alicyclic amines) is 1. The Morgan fingerprint density at radius 3 is 2.58 bits per heavy atom. The highest BCUT2D eigenvalue weighted by Gasteiger charge is 2.28. The molecule has 2 atom stereocenters. The average Bonchev–Trinajstić information content (AvgIpc) is 2.88. The highest BCUT2D eigenvalue weighted by Crippen LogP contribution is 2.16. The normalized spacial score (nSPS) is 28.1. The molecular formula is C15H31N3O. The van der Waals surface area contributed by atoms with Gasteiger partial charge in [-0.1, -0.05) is 13.8 Å². The Balaban J connectivity index is 1.62. The molecule has 4 heteroatoms. The third-order valence-corrected chi connectivity index (χ3v) is 4.70. The number of nitrogens with zero attached hydrogens (tertiary/aromatic N) is 2. The molecule has 2 rings (SSSR count). The van der Waals surface area contributed by atoms with Gasteiger partial charge >= 0.3 is 0 Å². The molecule has 0 saturated carbocycles. The van der Waals surface area contributed by atoms with Crippen LogP contribution in [0.25, 0.3) is 0 Å². The summed E-state index contributed by atoms with van der Waals surface area (Å²) in [5.74, 6) is 0.722. The smallest absolute Gasteiger partial charge is 0.0594 e. The van der Waals surface area contributed by atoms with E-state index in [0.717, 1.165) is 44.8 Å². The van der Waals surface area contributed by atoms with Crippen LogP contribution in [0.3, 0.4) is 0 Å². The number of ether oxygens (including phenoxy) is 1. The number of morpholine rings is 1. The zero-order valence-electron chi connectivity index (χ0n) is 12.9. The van der Waals surface area contributed by atoms with Gasteiger partial charge in [0.1, 0.15) is 0 Å². The summed E-state index contributed by atoms with van der Waals surface area (Å²) in [5.41, 5.74) is 0. The molecule has 0 aromatic rings. The second-order valence-corrected chi connectivity index (χ2v) is 6.38. The predicted octanol–water partition coefficient (Wildman–Crippen LogP) is 1.03. The number of hydrogen-bond acceptors (Lipinski definition) is 4. The van der Waals surface area contributed by atoms with Crippen molar-refractivity contribution in [3.8, 4) is 0 Å². The fourth-order valence-corrected chi connectivity index (χ4v) is 2.94. The maximum atomic E-state index is 5.43. The molecule has 0 spiro atoms. The number of hydrogen-bond donors (Lipinski definition) is 1. The van der Waals surface area contributed by atoms with Gasteiger partial charge in [-0.3, -0.25) is 4.90 Å². The van der Waals surface area contributed by atoms with Crippen molar-refractivity contribution in [2.75, 3.05) is 52.5 Å². The lowest BCUT2D eigenvalue weighted by Crippen LogP contribution is -2.45. The van der Waals surface area contributed by atoms with E-state index in [1.54, 1.807) is 0 Å². The first-order valence-electron chi connectivity index (χ1n) is 7.94. The summed E-state index contributed by atoms with van der Waals surface area (Å²) < 4.78 is 5.43. The molecule has 1 N–H and O–H groups in total. The number of nitrogens with one attached hydrogen (secondary N) is 1. The van der Waals surface area contributed by atoms with Gasteiger partial charge in [-0.25, -0.2) is 0 Å². The Morgan fingerprint density at radius 1 is 1.16 bits per heavy atom. The van der Waals surface area contributed by atoms with E-state index in [-0.39, 0.29) is 0 Å². The Kier molecular flexibility index (Phi) is 6.07. The standard InChI is InChI=1S/C15H31N3O/c1-13(2)14(3)16-5-7-17-6-4-15(12-17)18-8-10-19-11-9-18/h13-16H,4-12H2,1-3H3. The quantitative estimate of drug-likeness (QED) is 0.779. The molecule has 2 heterocycles. The molecule has 2 fully saturated rings. The van der Waals surface area contributed by atoms with Gasteiger partial charge in [-0.2, -0.15) is 0 Å². The highest BCUT2D eigenvalue weighted by atomic mass is 16.5. The van der Waals surface area contributed by atoms with Crippen LogP contribution in [0.15, 0.2) is 0 Å². The molecule has 2 unspecified atom stereocenters. The molecule has 19 heavy (non-hydrogen) atoms. The molecule has 0 aliphatic carbocycles. The van der Waals surface area contributed by atoms with Gasteiger partial charge in [0.15, 0.2) is 0 Å². The van der Waals surface area contributed by atoms with Crippen LogP contribution in [0.5, 0.6) is 0 Å². The summed E-state index contributed by atoms with van der Waals surface area (Å²) in [6, 6.07) is 1.39. The fourth-order valence-electron chi connectivity index (χ4n) is 2.94. The van der Waals surface area contributed by atoms with Gasteiger partial charge in [-0.15, -0.1) is 0 Å². The van der Waals surface area contributed by atoms with Crippen LogP contribution < -0.4 is 5.32 Å². The van der Waals surface area contributed by atoms with Crippen molar-refractivity contribution in [1.29, 1.82) is 0 Å². The van der Waals surface area contributed by atoms with E-state index >= 15 is 0 Å². The molecular weight excluding hydrogens is 238 g/mol. The van der Waals surface area contributed by atoms with Crippen molar-refractivity contribution in [3.63, 3.8) is 0 Å². The summed E-state index contributed by atoms with van der Waals surface area (Å²) in [6.45, 7) is 15.8. The zero-order valence-corrected chi connectivity index (χ0v) is 12.9. The molecule has 0 bridgehead atoms. The van der Waals surface area contributed by atoms with E-state index in [1.807, 2.05) is 0 Å². The molecule has 2 aliphatic rings. The van der Waals surface area contributed by atoms with E-state index in [4.69, 9.17) is 4.74 Å². The minimum absolute atomic E-state index is 0.623. The third-order valence-electron chi connectivity index (χ3n) is 4.70. The molecule has 2 saturated heterocycles. The second kappa shape index (κ2) is 7.58. The first-order chi connectivity index (χ1) is 9.16. The van der Waals surface area contributed by atoms with Crippen LogP contribution in [0, 0.1) is 5.92 Å². The SMILES string of the molecule is CC(C)C(C)NCCN1CCC(N2CCOCC2)C1. The van der Waals surface area contributed by atoms with Gasteiger partial charge in [0, 0.05) is 44.8 Å². The third kappa shape index (κ3) is 4.71. The Morgan fingerprint density at radius 2 is 1.89 bits per heavy atom. The van der Waals surface area contributed by atoms with Crippen LogP contribution in [0.4, 0.5) is 0 Å². The first-order valence-corrected chi connectivity index (χ1v) is 7.94. The van der Waals surface area contributed by atoms with Crippen molar-refractivity contribution < 1.29 is 4.74 Å². The second-order valence-electron chi connectivity index (χ2n) is 6.38. The van der Waals surface area contributed by atoms with Gasteiger partial charge < -0.3 is 15.0 Å². The first kappa shape index (κ1) is 15.2. The van der Waals surface area contributed by atoms with Crippen molar-refractivity contribution in [2.45, 2.75) is 39.3 Å². The number of rotatable bonds is 6. The van der Waals surface area contributed by atoms with E-state index < -0.39 is 0 Å². The Bertz CT molecular complexity index is 254. The van der Waals surface area contributed by atoms with Crippen LogP contribution in [-0.2, 0) is 4.74 Å². The maximum absolute atomic E-state index is 5.43.